The molecule has 4 nitrogen and oxygen atoms in total. The monoisotopic (exact) mass is 306 g/mol. The molecule has 0 fully saturated rings. The standard InChI is InChI=1S/C18H34N4/c1-3-11-21(12-4-2)13-5-6-14-22(20)16-18-9-7-17(15-19)8-10-18/h7-10H,3-6,11-16,19-20H2,1-2H3. The van der Waals surface area contributed by atoms with Crippen molar-refractivity contribution in [3.05, 3.63) is 35.4 Å². The van der Waals surface area contributed by atoms with Gasteiger partial charge in [-0.3, -0.25) is 5.84 Å². The predicted octanol–water partition coefficient (Wildman–Crippen LogP) is 2.72. The van der Waals surface area contributed by atoms with E-state index in [1.165, 1.54) is 50.0 Å². The van der Waals surface area contributed by atoms with E-state index >= 15 is 0 Å². The van der Waals surface area contributed by atoms with Gasteiger partial charge in [0.2, 0.25) is 0 Å². The first-order valence-electron chi connectivity index (χ1n) is 8.69. The molecule has 1 aromatic rings. The van der Waals surface area contributed by atoms with Gasteiger partial charge in [-0.05, 0) is 56.4 Å². The molecule has 1 rings (SSSR count). The van der Waals surface area contributed by atoms with Crippen molar-refractivity contribution in [1.29, 1.82) is 0 Å². The number of hydrazine groups is 1. The summed E-state index contributed by atoms with van der Waals surface area (Å²) in [5, 5.41) is 1.92. The molecular formula is C18H34N4. The van der Waals surface area contributed by atoms with E-state index in [0.717, 1.165) is 19.5 Å². The zero-order chi connectivity index (χ0) is 16.2. The van der Waals surface area contributed by atoms with Crippen LogP contribution in [0.5, 0.6) is 0 Å². The van der Waals surface area contributed by atoms with Crippen LogP contribution >= 0.6 is 0 Å². The molecule has 0 aromatic heterocycles. The van der Waals surface area contributed by atoms with Crippen LogP contribution in [0.2, 0.25) is 0 Å². The average molecular weight is 306 g/mol. The smallest absolute Gasteiger partial charge is 0.0379 e. The Labute approximate surface area is 136 Å². The number of rotatable bonds is 12. The van der Waals surface area contributed by atoms with E-state index in [0.29, 0.717) is 6.54 Å². The summed E-state index contributed by atoms with van der Waals surface area (Å²) in [5.41, 5.74) is 8.02. The molecule has 0 atom stereocenters. The van der Waals surface area contributed by atoms with Gasteiger partial charge >= 0.3 is 0 Å². The van der Waals surface area contributed by atoms with Crippen molar-refractivity contribution >= 4 is 0 Å². The van der Waals surface area contributed by atoms with Crippen LogP contribution in [0.1, 0.15) is 50.7 Å². The fourth-order valence-electron chi connectivity index (χ4n) is 2.71. The first kappa shape index (κ1) is 19.1. The molecule has 0 heterocycles. The van der Waals surface area contributed by atoms with E-state index in [4.69, 9.17) is 11.6 Å². The van der Waals surface area contributed by atoms with Crippen LogP contribution in [-0.2, 0) is 13.1 Å². The Morgan fingerprint density at radius 1 is 0.818 bits per heavy atom. The quantitative estimate of drug-likeness (QED) is 0.354. The summed E-state index contributed by atoms with van der Waals surface area (Å²) in [5.74, 6) is 6.11. The minimum atomic E-state index is 0.596. The van der Waals surface area contributed by atoms with E-state index in [1.54, 1.807) is 0 Å². The molecule has 4 heteroatoms. The van der Waals surface area contributed by atoms with Gasteiger partial charge in [0.25, 0.3) is 0 Å². The molecule has 0 amide bonds. The predicted molar refractivity (Wildman–Crippen MR) is 95.2 cm³/mol. The lowest BCUT2D eigenvalue weighted by Gasteiger charge is -2.22. The van der Waals surface area contributed by atoms with Crippen LogP contribution in [0.4, 0.5) is 0 Å². The van der Waals surface area contributed by atoms with Gasteiger partial charge in [-0.1, -0.05) is 38.1 Å². The van der Waals surface area contributed by atoms with Crippen molar-refractivity contribution in [1.82, 2.24) is 9.91 Å². The lowest BCUT2D eigenvalue weighted by Crippen LogP contribution is -2.32. The molecule has 1 aromatic carbocycles. The topological polar surface area (TPSA) is 58.5 Å². The summed E-state index contributed by atoms with van der Waals surface area (Å²) in [6.45, 7) is 10.5. The largest absolute Gasteiger partial charge is 0.326 e. The molecule has 0 aliphatic carbocycles. The summed E-state index contributed by atoms with van der Waals surface area (Å²) in [6, 6.07) is 8.39. The highest BCUT2D eigenvalue weighted by Crippen LogP contribution is 2.06. The van der Waals surface area contributed by atoms with Crippen molar-refractivity contribution in [2.75, 3.05) is 26.2 Å². The summed E-state index contributed by atoms with van der Waals surface area (Å²) < 4.78 is 0. The molecule has 0 bridgehead atoms. The molecule has 0 unspecified atom stereocenters. The van der Waals surface area contributed by atoms with Crippen LogP contribution in [0.25, 0.3) is 0 Å². The summed E-state index contributed by atoms with van der Waals surface area (Å²) in [7, 11) is 0. The summed E-state index contributed by atoms with van der Waals surface area (Å²) in [4.78, 5) is 2.56. The highest BCUT2D eigenvalue weighted by molar-refractivity contribution is 5.22. The molecule has 0 radical (unpaired) electrons. The van der Waals surface area contributed by atoms with Gasteiger partial charge in [0.05, 0.1) is 0 Å². The van der Waals surface area contributed by atoms with E-state index < -0.39 is 0 Å². The highest BCUT2D eigenvalue weighted by atomic mass is 15.4. The van der Waals surface area contributed by atoms with Crippen LogP contribution in [0, 0.1) is 0 Å². The van der Waals surface area contributed by atoms with Crippen molar-refractivity contribution in [2.24, 2.45) is 11.6 Å². The van der Waals surface area contributed by atoms with Crippen LogP contribution in [-0.4, -0.2) is 36.1 Å². The fraction of sp³-hybridized carbons (Fsp3) is 0.667. The lowest BCUT2D eigenvalue weighted by molar-refractivity contribution is 0.240. The Balaban J connectivity index is 2.20. The van der Waals surface area contributed by atoms with E-state index in [2.05, 4.69) is 43.0 Å². The van der Waals surface area contributed by atoms with E-state index in [9.17, 15) is 0 Å². The van der Waals surface area contributed by atoms with Crippen LogP contribution in [0.3, 0.4) is 0 Å². The number of hydrogen-bond donors (Lipinski definition) is 2. The third-order valence-electron chi connectivity index (χ3n) is 3.89. The van der Waals surface area contributed by atoms with Crippen molar-refractivity contribution in [3.8, 4) is 0 Å². The number of nitrogens with zero attached hydrogens (tertiary/aromatic N) is 2. The number of unbranched alkanes of at least 4 members (excludes halogenated alkanes) is 1. The Bertz CT molecular complexity index is 371. The van der Waals surface area contributed by atoms with Gasteiger partial charge in [0.1, 0.15) is 0 Å². The molecule has 0 saturated heterocycles. The maximum Gasteiger partial charge on any atom is 0.0379 e. The average Bonchev–Trinajstić information content (AvgIpc) is 2.52. The Hall–Kier alpha value is -0.940. The molecule has 0 saturated carbocycles. The third-order valence-corrected chi connectivity index (χ3v) is 3.89. The summed E-state index contributed by atoms with van der Waals surface area (Å²) in [6.07, 6.45) is 4.85. The van der Waals surface area contributed by atoms with Gasteiger partial charge in [-0.15, -0.1) is 0 Å². The second-order valence-electron chi connectivity index (χ2n) is 6.04. The minimum Gasteiger partial charge on any atom is -0.326 e. The maximum absolute atomic E-state index is 6.11. The van der Waals surface area contributed by atoms with Gasteiger partial charge in [-0.25, -0.2) is 5.01 Å². The maximum atomic E-state index is 6.11. The normalized spacial score (nSPS) is 11.5. The number of nitrogens with two attached hydrogens (primary N) is 2. The molecule has 126 valence electrons. The zero-order valence-corrected chi connectivity index (χ0v) is 14.4. The van der Waals surface area contributed by atoms with E-state index in [1.807, 2.05) is 5.01 Å². The first-order valence-corrected chi connectivity index (χ1v) is 8.69. The van der Waals surface area contributed by atoms with Crippen molar-refractivity contribution in [3.63, 3.8) is 0 Å². The Morgan fingerprint density at radius 2 is 1.36 bits per heavy atom. The SMILES string of the molecule is CCCN(CCC)CCCCN(N)Cc1ccc(CN)cc1. The minimum absolute atomic E-state index is 0.596. The van der Waals surface area contributed by atoms with Crippen LogP contribution < -0.4 is 11.6 Å². The van der Waals surface area contributed by atoms with Crippen LogP contribution in [0.15, 0.2) is 24.3 Å². The number of hydrogen-bond acceptors (Lipinski definition) is 4. The molecule has 22 heavy (non-hydrogen) atoms. The highest BCUT2D eigenvalue weighted by Gasteiger charge is 2.04. The van der Waals surface area contributed by atoms with Crippen molar-refractivity contribution < 1.29 is 0 Å². The molecule has 0 aliphatic heterocycles. The second kappa shape index (κ2) is 11.6. The molecular weight excluding hydrogens is 272 g/mol. The Morgan fingerprint density at radius 3 is 1.91 bits per heavy atom. The third kappa shape index (κ3) is 7.90. The lowest BCUT2D eigenvalue weighted by atomic mass is 10.1. The number of benzene rings is 1. The molecule has 0 aliphatic rings. The molecule has 0 spiro atoms. The van der Waals surface area contributed by atoms with Crippen molar-refractivity contribution in [2.45, 2.75) is 52.6 Å². The van der Waals surface area contributed by atoms with E-state index in [-0.39, 0.29) is 0 Å². The summed E-state index contributed by atoms with van der Waals surface area (Å²) >= 11 is 0. The van der Waals surface area contributed by atoms with Gasteiger partial charge in [0.15, 0.2) is 0 Å². The Kier molecular flexibility index (Phi) is 10.1. The zero-order valence-electron chi connectivity index (χ0n) is 14.4. The van der Waals surface area contributed by atoms with Gasteiger partial charge < -0.3 is 10.6 Å². The second-order valence-corrected chi connectivity index (χ2v) is 6.04. The van der Waals surface area contributed by atoms with Gasteiger partial charge in [-0.2, -0.15) is 0 Å². The molecule has 4 N–H and O–H groups in total. The first-order chi connectivity index (χ1) is 10.7. The van der Waals surface area contributed by atoms with Gasteiger partial charge in [0, 0.05) is 19.6 Å². The fourth-order valence-corrected chi connectivity index (χ4v) is 2.71.